The minimum Gasteiger partial charge on any atom is -0.463 e. The molecule has 0 spiro atoms. The minimum atomic E-state index is -1.76. The average molecular weight is 371 g/mol. The number of carbonyl (C=O) groups is 1. The van der Waals surface area contributed by atoms with E-state index in [4.69, 9.17) is 74.3 Å². The highest BCUT2D eigenvalue weighted by atomic mass is 35.5. The van der Waals surface area contributed by atoms with Crippen molar-refractivity contribution in [3.05, 3.63) is 21.7 Å². The number of fused-ring (bicyclic) bond motifs is 2. The molecule has 100 valence electrons. The predicted octanol–water partition coefficient (Wildman–Crippen LogP) is 4.32. The average Bonchev–Trinajstić information content (AvgIpc) is 2.51. The number of halogens is 6. The minimum absolute atomic E-state index is 0.000386. The molecule has 2 rings (SSSR count). The number of carbonyl (C=O) groups excluding carboxylic acids is 1. The molecule has 0 fully saturated rings. The molecule has 18 heavy (non-hydrogen) atoms. The van der Waals surface area contributed by atoms with Crippen LogP contribution in [-0.4, -0.2) is 26.7 Å². The second-order valence-corrected chi connectivity index (χ2v) is 7.10. The Balaban J connectivity index is 2.59. The molecular formula is C10H6Cl6O2. The largest absolute Gasteiger partial charge is 0.463 e. The summed E-state index contributed by atoms with van der Waals surface area (Å²) in [7, 11) is 0. The van der Waals surface area contributed by atoms with Gasteiger partial charge in [-0.15, -0.1) is 23.2 Å². The molecule has 0 aromatic carbocycles. The fourth-order valence-corrected chi connectivity index (χ4v) is 4.47. The Hall–Kier alpha value is 0.690. The van der Waals surface area contributed by atoms with Crippen molar-refractivity contribution in [2.24, 2.45) is 0 Å². The van der Waals surface area contributed by atoms with Crippen molar-refractivity contribution >= 4 is 75.6 Å². The fourth-order valence-electron chi connectivity index (χ4n) is 1.99. The van der Waals surface area contributed by atoms with E-state index in [0.717, 1.165) is 0 Å². The second-order valence-electron chi connectivity index (χ2n) is 3.85. The Labute approximate surface area is 134 Å². The number of hydrogen-bond acceptors (Lipinski definition) is 2. The van der Waals surface area contributed by atoms with Gasteiger partial charge < -0.3 is 4.74 Å². The third-order valence-electron chi connectivity index (χ3n) is 2.91. The van der Waals surface area contributed by atoms with Crippen LogP contribution in [0.3, 0.4) is 0 Å². The van der Waals surface area contributed by atoms with E-state index in [0.29, 0.717) is 0 Å². The zero-order chi connectivity index (χ0) is 13.9. The topological polar surface area (TPSA) is 26.3 Å². The van der Waals surface area contributed by atoms with Crippen molar-refractivity contribution < 1.29 is 9.53 Å². The van der Waals surface area contributed by atoms with Crippen molar-refractivity contribution in [2.75, 3.05) is 6.61 Å². The Kier molecular flexibility index (Phi) is 3.64. The molecule has 0 saturated carbocycles. The Morgan fingerprint density at radius 1 is 1.22 bits per heavy atom. The van der Waals surface area contributed by atoms with Gasteiger partial charge in [-0.25, -0.2) is 4.79 Å². The van der Waals surface area contributed by atoms with E-state index in [1.807, 2.05) is 0 Å². The monoisotopic (exact) mass is 368 g/mol. The molecule has 0 amide bonds. The number of alkyl halides is 4. The van der Waals surface area contributed by atoms with Crippen molar-refractivity contribution in [3.63, 3.8) is 0 Å². The van der Waals surface area contributed by atoms with Gasteiger partial charge in [-0.1, -0.05) is 46.4 Å². The van der Waals surface area contributed by atoms with Crippen LogP contribution in [0, 0.1) is 0 Å². The highest BCUT2D eigenvalue weighted by molar-refractivity contribution is 6.67. The third kappa shape index (κ3) is 1.48. The lowest BCUT2D eigenvalue weighted by Crippen LogP contribution is -2.45. The highest BCUT2D eigenvalue weighted by Gasteiger charge is 2.76. The first-order chi connectivity index (χ1) is 8.14. The molecule has 2 unspecified atom stereocenters. The predicted molar refractivity (Wildman–Crippen MR) is 75.1 cm³/mol. The number of ether oxygens (including phenoxy) is 1. The summed E-state index contributed by atoms with van der Waals surface area (Å²) in [6.45, 7) is 1.83. The molecule has 8 heteroatoms. The SMILES string of the molecule is CCOC(=O)C1=CC2(Cl)C(Cl)=C(Cl)C1(Cl)C2(Cl)Cl. The van der Waals surface area contributed by atoms with Crippen molar-refractivity contribution in [2.45, 2.75) is 21.0 Å². The molecule has 0 heterocycles. The summed E-state index contributed by atoms with van der Waals surface area (Å²) in [5.74, 6) is -0.678. The Morgan fingerprint density at radius 3 is 2.17 bits per heavy atom. The van der Waals surface area contributed by atoms with Crippen LogP contribution in [0.25, 0.3) is 0 Å². The molecule has 2 aliphatic carbocycles. The lowest BCUT2D eigenvalue weighted by atomic mass is 10.0. The van der Waals surface area contributed by atoms with Crippen LogP contribution in [0.1, 0.15) is 6.92 Å². The third-order valence-corrected chi connectivity index (χ3v) is 6.97. The molecule has 0 aliphatic heterocycles. The van der Waals surface area contributed by atoms with E-state index in [-0.39, 0.29) is 22.2 Å². The van der Waals surface area contributed by atoms with Gasteiger partial charge in [0.2, 0.25) is 0 Å². The van der Waals surface area contributed by atoms with Gasteiger partial charge in [0.15, 0.2) is 4.33 Å². The van der Waals surface area contributed by atoms with Crippen LogP contribution in [0.15, 0.2) is 21.7 Å². The highest BCUT2D eigenvalue weighted by Crippen LogP contribution is 2.71. The molecule has 0 radical (unpaired) electrons. The van der Waals surface area contributed by atoms with Gasteiger partial charge in [-0.2, -0.15) is 0 Å². The van der Waals surface area contributed by atoms with Crippen LogP contribution < -0.4 is 0 Å². The summed E-state index contributed by atoms with van der Waals surface area (Å²) in [6.07, 6.45) is 1.30. The van der Waals surface area contributed by atoms with Crippen LogP contribution >= 0.6 is 69.6 Å². The number of allylic oxidation sites excluding steroid dienone is 3. The summed E-state index contributed by atoms with van der Waals surface area (Å²) in [4.78, 5) is 8.63. The summed E-state index contributed by atoms with van der Waals surface area (Å²) in [5, 5.41) is -0.0460. The lowest BCUT2D eigenvalue weighted by molar-refractivity contribution is -0.138. The van der Waals surface area contributed by atoms with Gasteiger partial charge in [0, 0.05) is 0 Å². The molecule has 0 saturated heterocycles. The molecule has 0 aromatic rings. The number of rotatable bonds is 2. The normalized spacial score (nSPS) is 36.9. The molecule has 0 aromatic heterocycles. The summed E-state index contributed by atoms with van der Waals surface area (Å²) in [5.41, 5.74) is 0.000386. The maximum Gasteiger partial charge on any atom is 0.336 e. The smallest absolute Gasteiger partial charge is 0.336 e. The van der Waals surface area contributed by atoms with Gasteiger partial charge in [-0.05, 0) is 13.0 Å². The standard InChI is InChI=1S/C10H6Cl6O2/c1-2-18-7(17)4-3-8(13)5(11)6(12)9(4,14)10(8,15)16/h3H,2H2,1H3. The molecule has 0 N–H and O–H groups in total. The summed E-state index contributed by atoms with van der Waals surface area (Å²) < 4.78 is 3.11. The zero-order valence-corrected chi connectivity index (χ0v) is 13.4. The van der Waals surface area contributed by atoms with Crippen LogP contribution in [0.4, 0.5) is 0 Å². The first kappa shape index (κ1) is 15.1. The van der Waals surface area contributed by atoms with Gasteiger partial charge in [0.25, 0.3) is 0 Å². The van der Waals surface area contributed by atoms with Crippen molar-refractivity contribution in [1.82, 2.24) is 0 Å². The van der Waals surface area contributed by atoms with E-state index >= 15 is 0 Å². The quantitative estimate of drug-likeness (QED) is 0.534. The molecular weight excluding hydrogens is 365 g/mol. The first-order valence-corrected chi connectivity index (χ1v) is 7.13. The first-order valence-electron chi connectivity index (χ1n) is 4.87. The Morgan fingerprint density at radius 2 is 1.78 bits per heavy atom. The molecule has 2 aliphatic rings. The molecule has 2 bridgehead atoms. The van der Waals surface area contributed by atoms with Crippen LogP contribution in [-0.2, 0) is 9.53 Å². The summed E-state index contributed by atoms with van der Waals surface area (Å²) in [6, 6.07) is 0. The lowest BCUT2D eigenvalue weighted by Gasteiger charge is -2.32. The van der Waals surface area contributed by atoms with Crippen LogP contribution in [0.5, 0.6) is 0 Å². The molecule has 2 atom stereocenters. The van der Waals surface area contributed by atoms with Gasteiger partial charge in [0.1, 0.15) is 9.75 Å². The van der Waals surface area contributed by atoms with Crippen LogP contribution in [0.2, 0.25) is 0 Å². The van der Waals surface area contributed by atoms with E-state index in [1.54, 1.807) is 6.92 Å². The van der Waals surface area contributed by atoms with Gasteiger partial charge in [0.05, 0.1) is 22.2 Å². The number of esters is 1. The van der Waals surface area contributed by atoms with Gasteiger partial charge in [-0.3, -0.25) is 0 Å². The van der Waals surface area contributed by atoms with E-state index in [1.165, 1.54) is 6.08 Å². The Bertz CT molecular complexity index is 497. The van der Waals surface area contributed by atoms with E-state index in [9.17, 15) is 4.79 Å². The van der Waals surface area contributed by atoms with Crippen molar-refractivity contribution in [3.8, 4) is 0 Å². The number of hydrogen-bond donors (Lipinski definition) is 0. The maximum atomic E-state index is 11.8. The van der Waals surface area contributed by atoms with E-state index < -0.39 is 20.1 Å². The van der Waals surface area contributed by atoms with E-state index in [2.05, 4.69) is 0 Å². The molecule has 2 nitrogen and oxygen atoms in total. The van der Waals surface area contributed by atoms with Crippen molar-refractivity contribution in [1.29, 1.82) is 0 Å². The maximum absolute atomic E-state index is 11.8. The van der Waals surface area contributed by atoms with Gasteiger partial charge >= 0.3 is 5.97 Å². The second kappa shape index (κ2) is 4.34. The summed E-state index contributed by atoms with van der Waals surface area (Å²) >= 11 is 36.9. The zero-order valence-electron chi connectivity index (χ0n) is 8.87. The fraction of sp³-hybridized carbons (Fsp3) is 0.500.